The molecule has 0 spiro atoms. The predicted molar refractivity (Wildman–Crippen MR) is 151 cm³/mol. The van der Waals surface area contributed by atoms with Crippen molar-refractivity contribution in [3.63, 3.8) is 0 Å². The third-order valence-corrected chi connectivity index (χ3v) is 6.43. The maximum Gasteiger partial charge on any atom is 0.169 e. The van der Waals surface area contributed by atoms with E-state index in [0.29, 0.717) is 44.6 Å². The number of phenols is 2. The molecule has 0 amide bonds. The zero-order valence-electron chi connectivity index (χ0n) is 23.7. The van der Waals surface area contributed by atoms with E-state index in [9.17, 15) is 10.2 Å². The van der Waals surface area contributed by atoms with Crippen LogP contribution in [0.3, 0.4) is 0 Å². The highest BCUT2D eigenvalue weighted by molar-refractivity contribution is 5.75. The van der Waals surface area contributed by atoms with Gasteiger partial charge in [0.15, 0.2) is 12.6 Å². The Morgan fingerprint density at radius 3 is 1.66 bits per heavy atom. The van der Waals surface area contributed by atoms with Gasteiger partial charge in [-0.2, -0.15) is 0 Å². The van der Waals surface area contributed by atoms with Crippen molar-refractivity contribution in [3.8, 4) is 22.6 Å². The summed E-state index contributed by atoms with van der Waals surface area (Å²) in [6.07, 6.45) is 4.01. The molecule has 0 heterocycles. The molecule has 0 fully saturated rings. The van der Waals surface area contributed by atoms with Gasteiger partial charge in [-0.05, 0) is 61.8 Å². The fourth-order valence-electron chi connectivity index (χ4n) is 4.44. The van der Waals surface area contributed by atoms with Gasteiger partial charge < -0.3 is 29.2 Å². The summed E-state index contributed by atoms with van der Waals surface area (Å²) >= 11 is 0. The lowest BCUT2D eigenvalue weighted by atomic mass is 9.92. The van der Waals surface area contributed by atoms with Gasteiger partial charge in [0, 0.05) is 71.3 Å². The maximum atomic E-state index is 11.4. The number of allylic oxidation sites excluding steroid dienone is 2. The van der Waals surface area contributed by atoms with E-state index in [-0.39, 0.29) is 24.1 Å². The summed E-state index contributed by atoms with van der Waals surface area (Å²) in [4.78, 5) is 4.06. The Hall–Kier alpha value is -2.72. The number of rotatable bonds is 17. The number of hydrogen-bond donors (Lipinski definition) is 2. The van der Waals surface area contributed by atoms with Crippen LogP contribution in [0.5, 0.6) is 11.5 Å². The van der Waals surface area contributed by atoms with Crippen molar-refractivity contribution in [1.82, 2.24) is 9.80 Å². The van der Waals surface area contributed by atoms with Crippen LogP contribution < -0.4 is 0 Å². The standard InChI is InChI=1S/C30H44N2O6/c1-9-11-21-13-24(17-31(3)19-27(35-5)36-6)30(34)26(14-21)23-15-22(12-10-2)29(33)25(16-23)18-32(4)20-28(37-7)38-8/h9-10,13-16,27-28,33-34H,1-2,11-12,17-20H2,3-8H3. The van der Waals surface area contributed by atoms with Gasteiger partial charge in [-0.3, -0.25) is 9.80 Å². The summed E-state index contributed by atoms with van der Waals surface area (Å²) in [6.45, 7) is 9.76. The second-order valence-corrected chi connectivity index (χ2v) is 9.48. The molecule has 0 aliphatic carbocycles. The van der Waals surface area contributed by atoms with E-state index in [4.69, 9.17) is 18.9 Å². The van der Waals surface area contributed by atoms with Crippen molar-refractivity contribution in [1.29, 1.82) is 0 Å². The average molecular weight is 529 g/mol. The van der Waals surface area contributed by atoms with Gasteiger partial charge in [-0.25, -0.2) is 0 Å². The number of hydrogen-bond acceptors (Lipinski definition) is 8. The second-order valence-electron chi connectivity index (χ2n) is 9.48. The highest BCUT2D eigenvalue weighted by Gasteiger charge is 2.19. The summed E-state index contributed by atoms with van der Waals surface area (Å²) in [6, 6.07) is 7.83. The molecule has 0 aliphatic heterocycles. The van der Waals surface area contributed by atoms with E-state index < -0.39 is 0 Å². The topological polar surface area (TPSA) is 83.9 Å². The molecule has 0 saturated carbocycles. The van der Waals surface area contributed by atoms with E-state index in [1.807, 2.05) is 54.2 Å². The molecule has 2 N–H and O–H groups in total. The van der Waals surface area contributed by atoms with Crippen LogP contribution in [0.25, 0.3) is 11.1 Å². The summed E-state index contributed by atoms with van der Waals surface area (Å²) in [5.41, 5.74) is 4.81. The molecule has 2 aromatic carbocycles. The Balaban J connectivity index is 2.54. The molecule has 0 radical (unpaired) electrons. The molecule has 8 nitrogen and oxygen atoms in total. The van der Waals surface area contributed by atoms with Crippen LogP contribution in [-0.2, 0) is 44.9 Å². The average Bonchev–Trinajstić information content (AvgIpc) is 2.90. The third-order valence-electron chi connectivity index (χ3n) is 6.43. The number of benzene rings is 2. The Kier molecular flexibility index (Phi) is 13.0. The van der Waals surface area contributed by atoms with Crippen LogP contribution in [0, 0.1) is 0 Å². The Morgan fingerprint density at radius 2 is 1.18 bits per heavy atom. The lowest BCUT2D eigenvalue weighted by Gasteiger charge is -2.24. The van der Waals surface area contributed by atoms with Gasteiger partial charge in [0.2, 0.25) is 0 Å². The fourth-order valence-corrected chi connectivity index (χ4v) is 4.44. The largest absolute Gasteiger partial charge is 0.507 e. The molecular formula is C30H44N2O6. The molecule has 0 aliphatic rings. The Morgan fingerprint density at radius 1 is 0.711 bits per heavy atom. The number of nitrogens with zero attached hydrogens (tertiary/aromatic N) is 2. The monoisotopic (exact) mass is 528 g/mol. The summed E-state index contributed by atoms with van der Waals surface area (Å²) in [5, 5.41) is 22.5. The van der Waals surface area contributed by atoms with Gasteiger partial charge in [0.25, 0.3) is 0 Å². The van der Waals surface area contributed by atoms with Gasteiger partial charge in [0.05, 0.1) is 0 Å². The lowest BCUT2D eigenvalue weighted by molar-refractivity contribution is -0.114. The molecule has 0 unspecified atom stereocenters. The molecule has 0 saturated heterocycles. The van der Waals surface area contributed by atoms with E-state index in [0.717, 1.165) is 27.8 Å². The highest BCUT2D eigenvalue weighted by atomic mass is 16.7. The van der Waals surface area contributed by atoms with E-state index in [2.05, 4.69) is 13.2 Å². The molecule has 2 aromatic rings. The fraction of sp³-hybridized carbons (Fsp3) is 0.467. The van der Waals surface area contributed by atoms with Crippen molar-refractivity contribution in [2.75, 3.05) is 55.6 Å². The van der Waals surface area contributed by atoms with Gasteiger partial charge in [-0.15, -0.1) is 13.2 Å². The molecule has 0 bridgehead atoms. The van der Waals surface area contributed by atoms with Crippen LogP contribution in [0.15, 0.2) is 49.6 Å². The maximum absolute atomic E-state index is 11.4. The van der Waals surface area contributed by atoms with E-state index in [1.54, 1.807) is 34.5 Å². The minimum Gasteiger partial charge on any atom is -0.507 e. The normalized spacial score (nSPS) is 11.7. The SMILES string of the molecule is C=CCc1cc(CN(C)CC(OC)OC)c(O)c(-c2cc(CC=C)c(O)c(CN(C)CC(OC)OC)c2)c1. The number of aromatic hydroxyl groups is 2. The molecule has 0 atom stereocenters. The van der Waals surface area contributed by atoms with E-state index >= 15 is 0 Å². The number of methoxy groups -OCH3 is 4. The van der Waals surface area contributed by atoms with Crippen molar-refractivity contribution in [3.05, 3.63) is 71.8 Å². The van der Waals surface area contributed by atoms with Crippen molar-refractivity contribution in [2.45, 2.75) is 38.5 Å². The first-order valence-corrected chi connectivity index (χ1v) is 12.6. The Bertz CT molecular complexity index is 1050. The molecule has 8 heteroatoms. The molecule has 38 heavy (non-hydrogen) atoms. The van der Waals surface area contributed by atoms with Crippen LogP contribution in [-0.4, -0.2) is 88.2 Å². The zero-order valence-corrected chi connectivity index (χ0v) is 23.7. The van der Waals surface area contributed by atoms with E-state index in [1.165, 1.54) is 0 Å². The second kappa shape index (κ2) is 15.6. The summed E-state index contributed by atoms with van der Waals surface area (Å²) in [5.74, 6) is 0.420. The summed E-state index contributed by atoms with van der Waals surface area (Å²) in [7, 11) is 10.3. The minimum atomic E-state index is -0.382. The first kappa shape index (κ1) is 31.5. The first-order chi connectivity index (χ1) is 18.2. The third kappa shape index (κ3) is 8.66. The molecule has 0 aromatic heterocycles. The minimum absolute atomic E-state index is 0.199. The van der Waals surface area contributed by atoms with Crippen LogP contribution >= 0.6 is 0 Å². The first-order valence-electron chi connectivity index (χ1n) is 12.6. The number of phenolic OH excluding ortho intramolecular Hbond substituents is 2. The van der Waals surface area contributed by atoms with Crippen LogP contribution in [0.2, 0.25) is 0 Å². The summed E-state index contributed by atoms with van der Waals surface area (Å²) < 4.78 is 21.3. The van der Waals surface area contributed by atoms with Crippen LogP contribution in [0.1, 0.15) is 22.3 Å². The van der Waals surface area contributed by atoms with Crippen molar-refractivity contribution < 1.29 is 29.2 Å². The van der Waals surface area contributed by atoms with Crippen molar-refractivity contribution >= 4 is 0 Å². The smallest absolute Gasteiger partial charge is 0.169 e. The van der Waals surface area contributed by atoms with Gasteiger partial charge in [0.1, 0.15) is 11.5 Å². The zero-order chi connectivity index (χ0) is 28.2. The Labute approximate surface area is 227 Å². The quantitative estimate of drug-likeness (QED) is 0.232. The highest BCUT2D eigenvalue weighted by Crippen LogP contribution is 2.38. The number of ether oxygens (including phenoxy) is 4. The molecule has 210 valence electrons. The van der Waals surface area contributed by atoms with Gasteiger partial charge >= 0.3 is 0 Å². The predicted octanol–water partition coefficient (Wildman–Crippen LogP) is 4.32. The molecular weight excluding hydrogens is 484 g/mol. The van der Waals surface area contributed by atoms with Crippen molar-refractivity contribution in [2.24, 2.45) is 0 Å². The van der Waals surface area contributed by atoms with Gasteiger partial charge in [-0.1, -0.05) is 18.2 Å². The van der Waals surface area contributed by atoms with Crippen LogP contribution in [0.4, 0.5) is 0 Å². The lowest BCUT2D eigenvalue weighted by Crippen LogP contribution is -2.31. The number of likely N-dealkylation sites (N-methyl/N-ethyl adjacent to an activating group) is 2. The molecule has 2 rings (SSSR count).